The molecule has 1 aliphatic rings. The molecule has 2 aromatic carbocycles. The van der Waals surface area contributed by atoms with Crippen molar-refractivity contribution in [1.82, 2.24) is 9.88 Å². The van der Waals surface area contributed by atoms with E-state index in [2.05, 4.69) is 30.5 Å². The van der Waals surface area contributed by atoms with Crippen LogP contribution in [0.4, 0.5) is 13.2 Å². The first-order valence-corrected chi connectivity index (χ1v) is 14.9. The van der Waals surface area contributed by atoms with E-state index >= 15 is 0 Å². The summed E-state index contributed by atoms with van der Waals surface area (Å²) in [6.07, 6.45) is -5.03. The standard InChI is InChI=1S/C27H31F3N2O6S2/c1-25(2,3)22(37-4)16-32-13-11-26(12-14-32,24(33)34)40(35,36)19-9-10-20-21(15-19)39-23(31-20)17-5-7-18(8-6-17)38-27(28,29)30/h5-10,15,22H,11-14,16H2,1-4H3,(H,33,34). The summed E-state index contributed by atoms with van der Waals surface area (Å²) in [5.74, 6) is -1.75. The SMILES string of the molecule is COC(CN1CCC(C(=O)O)(S(=O)(=O)c2ccc3nc(-c4ccc(OC(F)(F)F)cc4)sc3c2)CC1)C(C)(C)C. The number of carbonyl (C=O) groups is 1. The van der Waals surface area contributed by atoms with E-state index in [9.17, 15) is 31.5 Å². The van der Waals surface area contributed by atoms with E-state index in [4.69, 9.17) is 4.74 Å². The van der Waals surface area contributed by atoms with E-state index in [1.807, 2.05) is 4.90 Å². The summed E-state index contributed by atoms with van der Waals surface area (Å²) in [7, 11) is -2.65. The van der Waals surface area contributed by atoms with Gasteiger partial charge in [0.2, 0.25) is 0 Å². The first-order valence-electron chi connectivity index (χ1n) is 12.6. The Balaban J connectivity index is 1.58. The molecule has 1 aromatic heterocycles. The van der Waals surface area contributed by atoms with Crippen molar-refractivity contribution < 1.29 is 41.0 Å². The van der Waals surface area contributed by atoms with Crippen LogP contribution in [0.1, 0.15) is 33.6 Å². The maximum atomic E-state index is 13.8. The van der Waals surface area contributed by atoms with Gasteiger partial charge in [0.25, 0.3) is 0 Å². The lowest BCUT2D eigenvalue weighted by Gasteiger charge is -2.41. The molecule has 218 valence electrons. The number of aromatic nitrogens is 1. The molecule has 1 atom stereocenters. The molecule has 13 heteroatoms. The van der Waals surface area contributed by atoms with E-state index < -0.39 is 26.9 Å². The first kappa shape index (κ1) is 30.2. The molecule has 0 amide bonds. The molecule has 0 aliphatic carbocycles. The van der Waals surface area contributed by atoms with E-state index in [1.165, 1.54) is 42.5 Å². The number of carboxylic acids is 1. The Hall–Kier alpha value is -2.74. The lowest BCUT2D eigenvalue weighted by atomic mass is 9.87. The highest BCUT2D eigenvalue weighted by Gasteiger charge is 2.53. The zero-order valence-corrected chi connectivity index (χ0v) is 24.1. The predicted octanol–water partition coefficient (Wildman–Crippen LogP) is 5.62. The van der Waals surface area contributed by atoms with Gasteiger partial charge in [-0.05, 0) is 60.7 Å². The van der Waals surface area contributed by atoms with Crippen LogP contribution in [-0.2, 0) is 19.4 Å². The number of likely N-dealkylation sites (tertiary alicyclic amines) is 1. The maximum Gasteiger partial charge on any atom is 0.573 e. The predicted molar refractivity (Wildman–Crippen MR) is 145 cm³/mol. The van der Waals surface area contributed by atoms with Gasteiger partial charge in [-0.2, -0.15) is 0 Å². The van der Waals surface area contributed by atoms with Gasteiger partial charge in [0.15, 0.2) is 14.6 Å². The number of piperidine rings is 1. The van der Waals surface area contributed by atoms with Gasteiger partial charge in [-0.25, -0.2) is 13.4 Å². The molecular weight excluding hydrogens is 569 g/mol. The fourth-order valence-corrected chi connectivity index (χ4v) is 7.86. The van der Waals surface area contributed by atoms with E-state index in [0.29, 0.717) is 40.4 Å². The van der Waals surface area contributed by atoms with Gasteiger partial charge in [0.05, 0.1) is 21.2 Å². The van der Waals surface area contributed by atoms with Gasteiger partial charge in [-0.15, -0.1) is 24.5 Å². The zero-order chi connectivity index (χ0) is 29.5. The van der Waals surface area contributed by atoms with Crippen molar-refractivity contribution in [1.29, 1.82) is 0 Å². The summed E-state index contributed by atoms with van der Waals surface area (Å²) in [6.45, 7) is 7.31. The minimum atomic E-state index is -4.80. The first-order chi connectivity index (χ1) is 18.6. The molecule has 0 spiro atoms. The number of rotatable bonds is 8. The largest absolute Gasteiger partial charge is 0.573 e. The zero-order valence-electron chi connectivity index (χ0n) is 22.5. The average Bonchev–Trinajstić information content (AvgIpc) is 3.29. The third-order valence-electron chi connectivity index (χ3n) is 7.25. The smallest absolute Gasteiger partial charge is 0.480 e. The molecule has 3 aromatic rings. The Morgan fingerprint density at radius 3 is 2.27 bits per heavy atom. The van der Waals surface area contributed by atoms with Gasteiger partial charge in [0.1, 0.15) is 10.8 Å². The number of alkyl halides is 3. The number of nitrogens with zero attached hydrogens (tertiary/aromatic N) is 2. The molecule has 4 rings (SSSR count). The highest BCUT2D eigenvalue weighted by molar-refractivity contribution is 7.93. The van der Waals surface area contributed by atoms with Crippen LogP contribution in [0.25, 0.3) is 20.8 Å². The van der Waals surface area contributed by atoms with Crippen LogP contribution in [0.2, 0.25) is 0 Å². The molecule has 1 aliphatic heterocycles. The number of aliphatic carboxylic acids is 1. The van der Waals surface area contributed by atoms with Crippen LogP contribution in [0.3, 0.4) is 0 Å². The molecule has 0 radical (unpaired) electrons. The third-order valence-corrected chi connectivity index (χ3v) is 10.8. The van der Waals surface area contributed by atoms with Crippen molar-refractivity contribution in [2.24, 2.45) is 5.41 Å². The van der Waals surface area contributed by atoms with Crippen molar-refractivity contribution in [3.63, 3.8) is 0 Å². The molecule has 40 heavy (non-hydrogen) atoms. The molecule has 1 unspecified atom stereocenters. The van der Waals surface area contributed by atoms with Gasteiger partial charge < -0.3 is 19.5 Å². The number of fused-ring (bicyclic) bond motifs is 1. The number of thiazole rings is 1. The molecule has 2 heterocycles. The fourth-order valence-electron chi connectivity index (χ4n) is 4.85. The Labute approximate surface area is 234 Å². The van der Waals surface area contributed by atoms with Crippen molar-refractivity contribution in [2.75, 3.05) is 26.7 Å². The molecule has 8 nitrogen and oxygen atoms in total. The number of methoxy groups -OCH3 is 1. The van der Waals surface area contributed by atoms with Gasteiger partial charge in [0, 0.05) is 32.3 Å². The number of hydrogen-bond acceptors (Lipinski definition) is 8. The molecule has 0 saturated carbocycles. The minimum absolute atomic E-state index is 0.0659. The minimum Gasteiger partial charge on any atom is -0.480 e. The number of halogens is 3. The molecular formula is C27H31F3N2O6S2. The summed E-state index contributed by atoms with van der Waals surface area (Å²) in [5, 5.41) is 10.6. The number of ether oxygens (including phenoxy) is 2. The van der Waals surface area contributed by atoms with Crippen molar-refractivity contribution in [3.05, 3.63) is 42.5 Å². The summed E-state index contributed by atoms with van der Waals surface area (Å²) in [6, 6.07) is 9.49. The maximum absolute atomic E-state index is 13.8. The summed E-state index contributed by atoms with van der Waals surface area (Å²) >= 11 is 1.16. The molecule has 1 fully saturated rings. The van der Waals surface area contributed by atoms with Crippen LogP contribution in [0.5, 0.6) is 5.75 Å². The lowest BCUT2D eigenvalue weighted by molar-refractivity contribution is -0.274. The van der Waals surface area contributed by atoms with E-state index in [1.54, 1.807) is 7.11 Å². The monoisotopic (exact) mass is 600 g/mol. The lowest BCUT2D eigenvalue weighted by Crippen LogP contribution is -2.55. The summed E-state index contributed by atoms with van der Waals surface area (Å²) in [4.78, 5) is 18.9. The van der Waals surface area contributed by atoms with Crippen molar-refractivity contribution >= 4 is 37.4 Å². The number of hydrogen-bond donors (Lipinski definition) is 1. The normalized spacial score (nSPS) is 17.6. The molecule has 1 N–H and O–H groups in total. The molecule has 0 bridgehead atoms. The second kappa shape index (κ2) is 10.9. The second-order valence-corrected chi connectivity index (χ2v) is 14.2. The fraction of sp³-hybridized carbons (Fsp3) is 0.481. The highest BCUT2D eigenvalue weighted by atomic mass is 32.2. The van der Waals surface area contributed by atoms with Crippen LogP contribution >= 0.6 is 11.3 Å². The Morgan fingerprint density at radius 2 is 1.75 bits per heavy atom. The van der Waals surface area contributed by atoms with Gasteiger partial charge >= 0.3 is 12.3 Å². The third kappa shape index (κ3) is 6.12. The Morgan fingerprint density at radius 1 is 1.12 bits per heavy atom. The van der Waals surface area contributed by atoms with Crippen molar-refractivity contribution in [2.45, 2.75) is 55.7 Å². The Bertz CT molecular complexity index is 1470. The van der Waals surface area contributed by atoms with Crippen LogP contribution < -0.4 is 4.74 Å². The van der Waals surface area contributed by atoms with E-state index in [0.717, 1.165) is 11.3 Å². The van der Waals surface area contributed by atoms with Crippen LogP contribution in [0.15, 0.2) is 47.4 Å². The molecule has 1 saturated heterocycles. The van der Waals surface area contributed by atoms with Crippen LogP contribution in [0, 0.1) is 5.41 Å². The van der Waals surface area contributed by atoms with Gasteiger partial charge in [-0.1, -0.05) is 20.8 Å². The average molecular weight is 601 g/mol. The Kier molecular flexibility index (Phi) is 8.25. The van der Waals surface area contributed by atoms with E-state index in [-0.39, 0.29) is 35.0 Å². The summed E-state index contributed by atoms with van der Waals surface area (Å²) < 4.78 is 73.1. The highest BCUT2D eigenvalue weighted by Crippen LogP contribution is 2.39. The van der Waals surface area contributed by atoms with Crippen LogP contribution in [-0.4, -0.2) is 73.3 Å². The number of carboxylic acid groups (broad SMARTS) is 1. The van der Waals surface area contributed by atoms with Crippen molar-refractivity contribution in [3.8, 4) is 16.3 Å². The second-order valence-electron chi connectivity index (χ2n) is 10.9. The summed E-state index contributed by atoms with van der Waals surface area (Å²) in [5.41, 5.74) is 0.880. The quantitative estimate of drug-likeness (QED) is 0.356. The number of benzene rings is 2. The topological polar surface area (TPSA) is 106 Å². The number of sulfone groups is 1. The van der Waals surface area contributed by atoms with Gasteiger partial charge in [-0.3, -0.25) is 4.79 Å².